The van der Waals surface area contributed by atoms with Gasteiger partial charge in [-0.05, 0) is 5.22 Å². The maximum Gasteiger partial charge on any atom is 0.156 e. The molecule has 1 aliphatic rings. The second-order valence-corrected chi connectivity index (χ2v) is 3.88. The Balaban J connectivity index is 2.54. The van der Waals surface area contributed by atoms with Gasteiger partial charge in [-0.15, -0.1) is 0 Å². The van der Waals surface area contributed by atoms with Crippen LogP contribution in [0.25, 0.3) is 27.8 Å². The van der Waals surface area contributed by atoms with Gasteiger partial charge in [-0.2, -0.15) is 0 Å². The first-order valence-corrected chi connectivity index (χ1v) is 5.06. The van der Waals surface area contributed by atoms with Crippen molar-refractivity contribution in [2.45, 2.75) is 0 Å². The second kappa shape index (κ2) is 2.44. The lowest BCUT2D eigenvalue weighted by molar-refractivity contribution is 0.486. The molecule has 3 aromatic rings. The van der Waals surface area contributed by atoms with Crippen LogP contribution in [0.4, 0.5) is 0 Å². The molecule has 5 nitrogen and oxygen atoms in total. The summed E-state index contributed by atoms with van der Waals surface area (Å²) in [4.78, 5) is 8.52. The van der Waals surface area contributed by atoms with Gasteiger partial charge < -0.3 is 10.2 Å². The van der Waals surface area contributed by atoms with Crippen molar-refractivity contribution < 1.29 is 5.11 Å². The Morgan fingerprint density at radius 1 is 1.31 bits per heavy atom. The van der Waals surface area contributed by atoms with Crippen molar-refractivity contribution >= 4 is 27.8 Å². The number of aromatic amines is 2. The SMILES string of the molecule is Oc1c2cnc3c2c(c2c[nH][nH]c12)=CCN=3. The molecule has 0 bridgehead atoms. The number of nitrogens with zero attached hydrogens (tertiary/aromatic N) is 2. The summed E-state index contributed by atoms with van der Waals surface area (Å²) in [6, 6.07) is 0. The number of benzene rings is 1. The number of H-pyrrole nitrogens is 2. The number of rotatable bonds is 0. The van der Waals surface area contributed by atoms with Crippen LogP contribution < -0.4 is 10.7 Å². The van der Waals surface area contributed by atoms with Crippen LogP contribution in [-0.2, 0) is 0 Å². The Labute approximate surface area is 89.1 Å². The van der Waals surface area contributed by atoms with Crippen LogP contribution in [-0.4, -0.2) is 26.8 Å². The fourth-order valence-corrected chi connectivity index (χ4v) is 2.36. The molecular formula is C11H8N4O. The lowest BCUT2D eigenvalue weighted by Gasteiger charge is -2.02. The summed E-state index contributed by atoms with van der Waals surface area (Å²) in [5.41, 5.74) is 1.45. The first-order chi connectivity index (χ1) is 7.86. The summed E-state index contributed by atoms with van der Waals surface area (Å²) < 4.78 is 0. The van der Waals surface area contributed by atoms with Crippen molar-refractivity contribution in [2.24, 2.45) is 4.99 Å². The molecule has 3 N–H and O–H groups in total. The van der Waals surface area contributed by atoms with Gasteiger partial charge in [0.15, 0.2) is 11.2 Å². The van der Waals surface area contributed by atoms with Gasteiger partial charge in [0, 0.05) is 28.6 Å². The number of aromatic nitrogens is 3. The molecule has 0 fully saturated rings. The van der Waals surface area contributed by atoms with E-state index in [0.29, 0.717) is 6.54 Å². The van der Waals surface area contributed by atoms with E-state index < -0.39 is 0 Å². The van der Waals surface area contributed by atoms with Gasteiger partial charge in [0.25, 0.3) is 0 Å². The molecular weight excluding hydrogens is 204 g/mol. The first-order valence-electron chi connectivity index (χ1n) is 5.06. The molecule has 0 aliphatic carbocycles. The van der Waals surface area contributed by atoms with Gasteiger partial charge in [-0.3, -0.25) is 10.1 Å². The van der Waals surface area contributed by atoms with Crippen molar-refractivity contribution in [1.29, 1.82) is 0 Å². The van der Waals surface area contributed by atoms with Crippen molar-refractivity contribution in [1.82, 2.24) is 15.2 Å². The van der Waals surface area contributed by atoms with Crippen molar-refractivity contribution in [3.63, 3.8) is 0 Å². The highest BCUT2D eigenvalue weighted by Gasteiger charge is 2.14. The van der Waals surface area contributed by atoms with E-state index in [1.54, 1.807) is 6.20 Å². The molecule has 0 spiro atoms. The number of phenols is 1. The zero-order chi connectivity index (χ0) is 10.7. The van der Waals surface area contributed by atoms with Crippen LogP contribution in [0.2, 0.25) is 0 Å². The maximum absolute atomic E-state index is 10.1. The van der Waals surface area contributed by atoms with Crippen LogP contribution in [0, 0.1) is 0 Å². The van der Waals surface area contributed by atoms with E-state index in [9.17, 15) is 5.11 Å². The van der Waals surface area contributed by atoms with Gasteiger partial charge in [-0.1, -0.05) is 6.08 Å². The highest BCUT2D eigenvalue weighted by molar-refractivity contribution is 6.04. The van der Waals surface area contributed by atoms with Crippen LogP contribution in [0.1, 0.15) is 0 Å². The largest absolute Gasteiger partial charge is 0.505 e. The molecule has 2 aromatic heterocycles. The molecule has 0 amide bonds. The van der Waals surface area contributed by atoms with E-state index in [0.717, 1.165) is 32.4 Å². The summed E-state index contributed by atoms with van der Waals surface area (Å²) in [5, 5.41) is 19.7. The molecule has 1 aliphatic heterocycles. The normalized spacial score (nSPS) is 14.0. The number of phenolic OH excluding ortho intramolecular Hbond substituents is 1. The average Bonchev–Trinajstić information content (AvgIpc) is 2.93. The van der Waals surface area contributed by atoms with E-state index in [4.69, 9.17) is 0 Å². The standard InChI is InChI=1S/C11H8N4O/c16-10-7-3-13-11-8(7)5(1-2-12-11)6-4-14-15-9(6)10/h1,3-4,14-16H,2H2. The van der Waals surface area contributed by atoms with Crippen LogP contribution in [0.3, 0.4) is 0 Å². The molecule has 0 radical (unpaired) electrons. The number of nitrogens with one attached hydrogen (secondary N) is 2. The van der Waals surface area contributed by atoms with Gasteiger partial charge in [0.05, 0.1) is 6.54 Å². The quantitative estimate of drug-likeness (QED) is 0.496. The summed E-state index contributed by atoms with van der Waals surface area (Å²) in [7, 11) is 0. The fraction of sp³-hybridized carbons (Fsp3) is 0.0909. The number of hydrogen-bond donors (Lipinski definition) is 3. The summed E-state index contributed by atoms with van der Waals surface area (Å²) in [6.45, 7) is 0.643. The monoisotopic (exact) mass is 212 g/mol. The molecule has 16 heavy (non-hydrogen) atoms. The Kier molecular flexibility index (Phi) is 1.21. The average molecular weight is 212 g/mol. The third-order valence-electron chi connectivity index (χ3n) is 3.08. The Hall–Kier alpha value is -2.30. The van der Waals surface area contributed by atoms with Crippen molar-refractivity contribution in [3.05, 3.63) is 23.1 Å². The highest BCUT2D eigenvalue weighted by Crippen LogP contribution is 2.27. The lowest BCUT2D eigenvalue weighted by atomic mass is 10.1. The van der Waals surface area contributed by atoms with E-state index >= 15 is 0 Å². The minimum absolute atomic E-state index is 0.235. The van der Waals surface area contributed by atoms with Crippen molar-refractivity contribution in [2.75, 3.05) is 6.54 Å². The molecule has 1 aromatic carbocycles. The Bertz CT molecular complexity index is 840. The third kappa shape index (κ3) is 0.735. The zero-order valence-electron chi connectivity index (χ0n) is 8.28. The number of hydrogen-bond acceptors (Lipinski definition) is 3. The van der Waals surface area contributed by atoms with E-state index in [2.05, 4.69) is 26.2 Å². The van der Waals surface area contributed by atoms with Gasteiger partial charge in [-0.25, -0.2) is 4.98 Å². The topological polar surface area (TPSA) is 77.1 Å². The van der Waals surface area contributed by atoms with Gasteiger partial charge in [0.2, 0.25) is 0 Å². The molecule has 4 rings (SSSR count). The van der Waals surface area contributed by atoms with Crippen molar-refractivity contribution in [3.8, 4) is 5.75 Å². The predicted octanol–water partition coefficient (Wildman–Crippen LogP) is 0.163. The molecule has 3 heterocycles. The zero-order valence-corrected chi connectivity index (χ0v) is 8.28. The molecule has 0 atom stereocenters. The third-order valence-corrected chi connectivity index (χ3v) is 3.08. The first kappa shape index (κ1) is 7.92. The smallest absolute Gasteiger partial charge is 0.156 e. The van der Waals surface area contributed by atoms with Crippen LogP contribution in [0.15, 0.2) is 17.4 Å². The summed E-state index contributed by atoms with van der Waals surface area (Å²) >= 11 is 0. The fourth-order valence-electron chi connectivity index (χ4n) is 2.36. The lowest BCUT2D eigenvalue weighted by Crippen LogP contribution is -2.18. The summed E-state index contributed by atoms with van der Waals surface area (Å²) in [6.07, 6.45) is 5.58. The molecule has 0 unspecified atom stereocenters. The van der Waals surface area contributed by atoms with E-state index in [-0.39, 0.29) is 5.75 Å². The molecule has 0 saturated carbocycles. The Morgan fingerprint density at radius 3 is 3.19 bits per heavy atom. The number of aromatic hydroxyl groups is 1. The predicted molar refractivity (Wildman–Crippen MR) is 59.7 cm³/mol. The number of fused-ring (bicyclic) bond motifs is 2. The van der Waals surface area contributed by atoms with Gasteiger partial charge in [0.1, 0.15) is 5.52 Å². The maximum atomic E-state index is 10.1. The highest BCUT2D eigenvalue weighted by atomic mass is 16.3. The van der Waals surface area contributed by atoms with Crippen LogP contribution >= 0.6 is 0 Å². The second-order valence-electron chi connectivity index (χ2n) is 3.88. The molecule has 78 valence electrons. The van der Waals surface area contributed by atoms with Crippen LogP contribution in [0.5, 0.6) is 5.75 Å². The minimum atomic E-state index is 0.235. The summed E-state index contributed by atoms with van der Waals surface area (Å²) in [5.74, 6) is 0.235. The van der Waals surface area contributed by atoms with E-state index in [1.165, 1.54) is 0 Å². The Morgan fingerprint density at radius 2 is 2.25 bits per heavy atom. The molecule has 5 heteroatoms. The van der Waals surface area contributed by atoms with E-state index in [1.807, 2.05) is 6.20 Å². The molecule has 0 saturated heterocycles. The van der Waals surface area contributed by atoms with Gasteiger partial charge >= 0.3 is 0 Å². The minimum Gasteiger partial charge on any atom is -0.505 e.